The number of rotatable bonds is 7. The van der Waals surface area contributed by atoms with Crippen molar-refractivity contribution in [1.82, 2.24) is 10.2 Å². The summed E-state index contributed by atoms with van der Waals surface area (Å²) >= 11 is 1.84. The lowest BCUT2D eigenvalue weighted by Gasteiger charge is -2.20. The zero-order chi connectivity index (χ0) is 20.2. The van der Waals surface area contributed by atoms with Gasteiger partial charge in [0.1, 0.15) is 0 Å². The molecule has 2 fully saturated rings. The molecule has 6 heteroatoms. The van der Waals surface area contributed by atoms with E-state index in [2.05, 4.69) is 5.32 Å². The summed E-state index contributed by atoms with van der Waals surface area (Å²) in [5.41, 5.74) is 2.68. The lowest BCUT2D eigenvalue weighted by Crippen LogP contribution is -2.41. The van der Waals surface area contributed by atoms with E-state index in [4.69, 9.17) is 5.11 Å². The van der Waals surface area contributed by atoms with Gasteiger partial charge >= 0.3 is 6.03 Å². The van der Waals surface area contributed by atoms with Crippen LogP contribution in [-0.4, -0.2) is 51.6 Å². The third kappa shape index (κ3) is 4.19. The number of urea groups is 1. The summed E-state index contributed by atoms with van der Waals surface area (Å²) in [6.45, 7) is 0.228. The fourth-order valence-electron chi connectivity index (χ4n) is 4.18. The molecule has 0 aliphatic carbocycles. The van der Waals surface area contributed by atoms with E-state index in [1.807, 2.05) is 54.2 Å². The van der Waals surface area contributed by atoms with Gasteiger partial charge in [0.2, 0.25) is 0 Å². The molecule has 0 radical (unpaired) electrons. The Morgan fingerprint density at radius 1 is 1.03 bits per heavy atom. The van der Waals surface area contributed by atoms with Crippen molar-refractivity contribution in [1.29, 1.82) is 0 Å². The highest BCUT2D eigenvalue weighted by Gasteiger charge is 2.50. The molecule has 0 saturated carbocycles. The third-order valence-corrected chi connectivity index (χ3v) is 7.23. The van der Waals surface area contributed by atoms with Crippen molar-refractivity contribution in [2.24, 2.45) is 0 Å². The second-order valence-electron chi connectivity index (χ2n) is 7.61. The number of imide groups is 1. The first-order valence-corrected chi connectivity index (χ1v) is 11.3. The summed E-state index contributed by atoms with van der Waals surface area (Å²) in [5, 5.41) is 12.3. The van der Waals surface area contributed by atoms with E-state index in [9.17, 15) is 9.59 Å². The Morgan fingerprint density at radius 3 is 2.48 bits per heavy atom. The Balaban J connectivity index is 1.43. The van der Waals surface area contributed by atoms with Gasteiger partial charge in [-0.25, -0.2) is 4.79 Å². The average molecular weight is 411 g/mol. The third-order valence-electron chi connectivity index (χ3n) is 5.74. The molecule has 0 aromatic heterocycles. The van der Waals surface area contributed by atoms with Crippen molar-refractivity contribution in [3.05, 3.63) is 60.2 Å². The monoisotopic (exact) mass is 410 g/mol. The van der Waals surface area contributed by atoms with E-state index in [0.29, 0.717) is 10.8 Å². The number of nitrogens with zero attached hydrogens (tertiary/aromatic N) is 1. The molecule has 0 unspecified atom stereocenters. The minimum atomic E-state index is -0.280. The number of amides is 3. The fourth-order valence-corrected chi connectivity index (χ4v) is 5.77. The minimum absolute atomic E-state index is 0.0224. The fraction of sp³-hybridized carbons (Fsp3) is 0.391. The lowest BCUT2D eigenvalue weighted by molar-refractivity contribution is 0.0790. The molecule has 0 spiro atoms. The highest BCUT2D eigenvalue weighted by molar-refractivity contribution is 8.00. The number of benzene rings is 2. The maximum atomic E-state index is 13.1. The van der Waals surface area contributed by atoms with Crippen molar-refractivity contribution >= 4 is 23.7 Å². The Hall–Kier alpha value is -2.31. The summed E-state index contributed by atoms with van der Waals surface area (Å²) in [4.78, 5) is 27.1. The van der Waals surface area contributed by atoms with Gasteiger partial charge < -0.3 is 10.4 Å². The number of hydrogen-bond acceptors (Lipinski definition) is 4. The number of hydrogen-bond donors (Lipinski definition) is 2. The number of carbonyl (C=O) groups is 2. The van der Waals surface area contributed by atoms with Crippen LogP contribution in [0.3, 0.4) is 0 Å². The van der Waals surface area contributed by atoms with Crippen LogP contribution in [0.5, 0.6) is 0 Å². The molecule has 2 heterocycles. The van der Waals surface area contributed by atoms with Crippen molar-refractivity contribution in [3.8, 4) is 11.1 Å². The second kappa shape index (κ2) is 9.01. The van der Waals surface area contributed by atoms with Crippen LogP contribution in [-0.2, 0) is 0 Å². The van der Waals surface area contributed by atoms with Crippen LogP contribution >= 0.6 is 11.8 Å². The molecule has 152 valence electrons. The summed E-state index contributed by atoms with van der Waals surface area (Å²) in [5.74, 6) is 0.554. The van der Waals surface area contributed by atoms with Gasteiger partial charge in [-0.05, 0) is 36.1 Å². The van der Waals surface area contributed by atoms with Gasteiger partial charge in [0, 0.05) is 23.2 Å². The molecular formula is C23H26N2O3S. The first-order chi connectivity index (χ1) is 14.2. The van der Waals surface area contributed by atoms with Gasteiger partial charge in [0.05, 0.1) is 12.1 Å². The van der Waals surface area contributed by atoms with Crippen LogP contribution in [0.1, 0.15) is 36.0 Å². The van der Waals surface area contributed by atoms with Crippen LogP contribution in [0.2, 0.25) is 0 Å². The molecule has 5 nitrogen and oxygen atoms in total. The van der Waals surface area contributed by atoms with Gasteiger partial charge in [-0.1, -0.05) is 55.3 Å². The number of aliphatic hydroxyl groups is 1. The maximum Gasteiger partial charge on any atom is 0.325 e. The molecule has 2 aromatic rings. The summed E-state index contributed by atoms with van der Waals surface area (Å²) in [6.07, 6.45) is 3.85. The van der Waals surface area contributed by atoms with Gasteiger partial charge in [-0.15, -0.1) is 0 Å². The number of unbranched alkanes of at least 4 members (excludes halogenated alkanes) is 2. The van der Waals surface area contributed by atoms with Gasteiger partial charge in [0.15, 0.2) is 0 Å². The van der Waals surface area contributed by atoms with E-state index in [1.165, 1.54) is 4.90 Å². The van der Waals surface area contributed by atoms with Crippen LogP contribution < -0.4 is 5.32 Å². The molecule has 2 N–H and O–H groups in total. The predicted molar refractivity (Wildman–Crippen MR) is 116 cm³/mol. The van der Waals surface area contributed by atoms with Crippen molar-refractivity contribution in [3.63, 3.8) is 0 Å². The quantitative estimate of drug-likeness (QED) is 0.536. The molecule has 3 atom stereocenters. The Kier molecular flexibility index (Phi) is 6.21. The Labute approximate surface area is 175 Å². The smallest absolute Gasteiger partial charge is 0.325 e. The van der Waals surface area contributed by atoms with E-state index >= 15 is 0 Å². The van der Waals surface area contributed by atoms with Gasteiger partial charge in [0.25, 0.3) is 5.91 Å². The Morgan fingerprint density at radius 2 is 1.76 bits per heavy atom. The average Bonchev–Trinajstić information content (AvgIpc) is 3.29. The predicted octanol–water partition coefficient (Wildman–Crippen LogP) is 3.92. The SMILES string of the molecule is O=C1N[C@H]2[C@@H](CS[C@@H]2CCCCCO)N1C(=O)c1ccc(-c2ccccc2)cc1. The van der Waals surface area contributed by atoms with E-state index in [-0.39, 0.29) is 30.6 Å². The molecule has 0 bridgehead atoms. The molecule has 29 heavy (non-hydrogen) atoms. The summed E-state index contributed by atoms with van der Waals surface area (Å²) in [7, 11) is 0. The first kappa shape index (κ1) is 20.0. The Bertz CT molecular complexity index is 856. The van der Waals surface area contributed by atoms with Crippen LogP contribution in [0, 0.1) is 0 Å². The van der Waals surface area contributed by atoms with Crippen molar-refractivity contribution in [2.75, 3.05) is 12.4 Å². The largest absolute Gasteiger partial charge is 0.396 e. The van der Waals surface area contributed by atoms with Crippen LogP contribution in [0.15, 0.2) is 54.6 Å². The standard InChI is InChI=1S/C23H26N2O3S/c26-14-6-2-5-9-20-21-19(15-29-20)25(23(28)24-21)22(27)18-12-10-17(11-13-18)16-7-3-1-4-8-16/h1,3-4,7-8,10-13,19-21,26H,2,5-6,9,14-15H2,(H,24,28)/t19-,20-,21+/m1/s1. The van der Waals surface area contributed by atoms with Crippen molar-refractivity contribution in [2.45, 2.75) is 43.0 Å². The molecule has 2 aliphatic rings. The zero-order valence-corrected chi connectivity index (χ0v) is 17.1. The highest BCUT2D eigenvalue weighted by atomic mass is 32.2. The van der Waals surface area contributed by atoms with Gasteiger partial charge in [-0.2, -0.15) is 11.8 Å². The molecule has 2 aromatic carbocycles. The van der Waals surface area contributed by atoms with E-state index in [0.717, 1.165) is 42.6 Å². The van der Waals surface area contributed by atoms with E-state index < -0.39 is 0 Å². The first-order valence-electron chi connectivity index (χ1n) is 10.2. The topological polar surface area (TPSA) is 69.6 Å². The molecule has 4 rings (SSSR count). The molecule has 2 aliphatic heterocycles. The second-order valence-corrected chi connectivity index (χ2v) is 8.88. The highest BCUT2D eigenvalue weighted by Crippen LogP contribution is 2.37. The van der Waals surface area contributed by atoms with Crippen LogP contribution in [0.4, 0.5) is 4.79 Å². The van der Waals surface area contributed by atoms with E-state index in [1.54, 1.807) is 12.1 Å². The summed E-state index contributed by atoms with van der Waals surface area (Å²) < 4.78 is 0. The zero-order valence-electron chi connectivity index (χ0n) is 16.3. The number of aliphatic hydroxyl groups excluding tert-OH is 1. The minimum Gasteiger partial charge on any atom is -0.396 e. The number of fused-ring (bicyclic) bond motifs is 1. The van der Waals surface area contributed by atoms with Crippen molar-refractivity contribution < 1.29 is 14.7 Å². The van der Waals surface area contributed by atoms with Gasteiger partial charge in [-0.3, -0.25) is 9.69 Å². The summed E-state index contributed by atoms with van der Waals surface area (Å²) in [6, 6.07) is 17.1. The molecule has 2 saturated heterocycles. The number of thioether (sulfide) groups is 1. The lowest BCUT2D eigenvalue weighted by atomic mass is 10.0. The molecule has 3 amide bonds. The maximum absolute atomic E-state index is 13.1. The number of carbonyl (C=O) groups excluding carboxylic acids is 2. The molecular weight excluding hydrogens is 384 g/mol. The normalized spacial score (nSPS) is 23.1. The van der Waals surface area contributed by atoms with Crippen LogP contribution in [0.25, 0.3) is 11.1 Å². The number of nitrogens with one attached hydrogen (secondary N) is 1.